The van der Waals surface area contributed by atoms with Gasteiger partial charge in [-0.2, -0.15) is 4.31 Å². The molecule has 5 rings (SSSR count). The lowest BCUT2D eigenvalue weighted by Crippen LogP contribution is -2.45. The summed E-state index contributed by atoms with van der Waals surface area (Å²) in [4.78, 5) is 22.2. The van der Waals surface area contributed by atoms with Crippen LogP contribution in [0.1, 0.15) is 19.3 Å². The van der Waals surface area contributed by atoms with Crippen LogP contribution in [-0.2, 0) is 19.6 Å². The number of piperidine rings is 1. The molecular weight excluding hydrogens is 570 g/mol. The summed E-state index contributed by atoms with van der Waals surface area (Å²) < 4.78 is 61.1. The molecule has 1 aromatic heterocycles. The van der Waals surface area contributed by atoms with Crippen molar-refractivity contribution in [1.29, 1.82) is 0 Å². The first kappa shape index (κ1) is 29.8. The van der Waals surface area contributed by atoms with Gasteiger partial charge in [0, 0.05) is 45.2 Å². The lowest BCUT2D eigenvalue weighted by molar-refractivity contribution is -0.123. The second-order valence-electron chi connectivity index (χ2n) is 9.51. The maximum absolute atomic E-state index is 14.4. The molecule has 0 bridgehead atoms. The fraction of sp³-hybridized carbons (Fsp3) is 0.462. The number of halogens is 3. The molecule has 3 aromatic rings. The minimum Gasteiger partial charge on any atom is -0.379 e. The van der Waals surface area contributed by atoms with Crippen molar-refractivity contribution in [2.75, 3.05) is 57.4 Å². The Morgan fingerprint density at radius 3 is 2.41 bits per heavy atom. The van der Waals surface area contributed by atoms with E-state index in [1.54, 1.807) is 17.0 Å². The molecule has 2 aliphatic heterocycles. The van der Waals surface area contributed by atoms with Crippen LogP contribution in [0.3, 0.4) is 0 Å². The average Bonchev–Trinajstić information content (AvgIpc) is 3.37. The zero-order valence-electron chi connectivity index (χ0n) is 21.3. The van der Waals surface area contributed by atoms with E-state index in [4.69, 9.17) is 4.74 Å². The standard InChI is InChI=1S/C26H30F2N4O4S2.ClH/c27-20-5-7-21(8-6-20)38(34,35)31-13-9-19(10-14-31)25(33)32(12-2-11-30-15-17-36-18-16-30)26-29-24-22(28)3-1-4-23(24)37-26;/h1,3-8,19H,2,9-18H2;1H. The number of nitrogens with zero attached hydrogens (tertiary/aromatic N) is 4. The molecule has 2 saturated heterocycles. The van der Waals surface area contributed by atoms with Crippen molar-refractivity contribution in [2.24, 2.45) is 5.92 Å². The number of ether oxygens (including phenoxy) is 1. The summed E-state index contributed by atoms with van der Waals surface area (Å²) in [5.41, 5.74) is 0.249. The number of amides is 1. The minimum absolute atomic E-state index is 0. The fourth-order valence-corrected chi connectivity index (χ4v) is 7.40. The molecule has 0 radical (unpaired) electrons. The number of hydrogen-bond acceptors (Lipinski definition) is 7. The summed E-state index contributed by atoms with van der Waals surface area (Å²) in [5.74, 6) is -1.43. The van der Waals surface area contributed by atoms with Gasteiger partial charge >= 0.3 is 0 Å². The third-order valence-electron chi connectivity index (χ3n) is 7.07. The summed E-state index contributed by atoms with van der Waals surface area (Å²) in [6.45, 7) is 4.70. The van der Waals surface area contributed by atoms with Crippen molar-refractivity contribution in [3.05, 3.63) is 54.1 Å². The Balaban J connectivity index is 0.00000353. The molecule has 0 N–H and O–H groups in total. The quantitative estimate of drug-likeness (QED) is 0.386. The van der Waals surface area contributed by atoms with Crippen molar-refractivity contribution in [1.82, 2.24) is 14.2 Å². The molecule has 0 unspecified atom stereocenters. The van der Waals surface area contributed by atoms with E-state index in [0.29, 0.717) is 42.4 Å². The van der Waals surface area contributed by atoms with E-state index in [2.05, 4.69) is 9.88 Å². The number of fused-ring (bicyclic) bond motifs is 1. The summed E-state index contributed by atoms with van der Waals surface area (Å²) in [6.07, 6.45) is 1.44. The molecule has 0 spiro atoms. The maximum Gasteiger partial charge on any atom is 0.243 e. The SMILES string of the molecule is Cl.O=C(C1CCN(S(=O)(=O)c2ccc(F)cc2)CC1)N(CCCN1CCOCC1)c1nc2c(F)cccc2s1. The highest BCUT2D eigenvalue weighted by Crippen LogP contribution is 2.33. The van der Waals surface area contributed by atoms with Gasteiger partial charge < -0.3 is 4.74 Å². The first-order chi connectivity index (χ1) is 18.3. The lowest BCUT2D eigenvalue weighted by atomic mass is 9.96. The summed E-state index contributed by atoms with van der Waals surface area (Å²) in [5, 5.41) is 0.457. The number of carbonyl (C=O) groups is 1. The predicted octanol–water partition coefficient (Wildman–Crippen LogP) is 4.15. The van der Waals surface area contributed by atoms with E-state index in [9.17, 15) is 22.0 Å². The highest BCUT2D eigenvalue weighted by molar-refractivity contribution is 7.89. The average molecular weight is 601 g/mol. The molecule has 0 saturated carbocycles. The van der Waals surface area contributed by atoms with Gasteiger partial charge in [-0.1, -0.05) is 17.4 Å². The number of carbonyl (C=O) groups excluding carboxylic acids is 1. The molecule has 13 heteroatoms. The highest BCUT2D eigenvalue weighted by Gasteiger charge is 2.35. The van der Waals surface area contributed by atoms with Crippen LogP contribution in [-0.4, -0.2) is 81.0 Å². The van der Waals surface area contributed by atoms with E-state index >= 15 is 0 Å². The normalized spacial score (nSPS) is 17.7. The first-order valence-electron chi connectivity index (χ1n) is 12.8. The van der Waals surface area contributed by atoms with Gasteiger partial charge in [0.1, 0.15) is 17.2 Å². The summed E-state index contributed by atoms with van der Waals surface area (Å²) in [7, 11) is -3.77. The van der Waals surface area contributed by atoms with Gasteiger partial charge in [0.25, 0.3) is 0 Å². The summed E-state index contributed by atoms with van der Waals surface area (Å²) in [6, 6.07) is 9.52. The third kappa shape index (κ3) is 6.75. The van der Waals surface area contributed by atoms with E-state index < -0.39 is 21.7 Å². The topological polar surface area (TPSA) is 83.1 Å². The van der Waals surface area contributed by atoms with E-state index in [1.165, 1.54) is 33.8 Å². The van der Waals surface area contributed by atoms with Crippen molar-refractivity contribution in [2.45, 2.75) is 24.2 Å². The maximum atomic E-state index is 14.4. The number of anilines is 1. The molecule has 2 aliphatic rings. The van der Waals surface area contributed by atoms with Crippen LogP contribution in [0, 0.1) is 17.6 Å². The minimum atomic E-state index is -3.77. The zero-order chi connectivity index (χ0) is 26.7. The number of benzene rings is 2. The van der Waals surface area contributed by atoms with Crippen molar-refractivity contribution in [3.8, 4) is 0 Å². The van der Waals surface area contributed by atoms with Gasteiger partial charge in [-0.25, -0.2) is 22.2 Å². The number of thiazole rings is 1. The van der Waals surface area contributed by atoms with Gasteiger partial charge in [0.05, 0.1) is 22.8 Å². The molecule has 0 aliphatic carbocycles. The largest absolute Gasteiger partial charge is 0.379 e. The van der Waals surface area contributed by atoms with Crippen LogP contribution in [0.5, 0.6) is 0 Å². The smallest absolute Gasteiger partial charge is 0.243 e. The number of rotatable bonds is 8. The van der Waals surface area contributed by atoms with Gasteiger partial charge in [0.15, 0.2) is 5.13 Å². The first-order valence-corrected chi connectivity index (χ1v) is 15.0. The Kier molecular flexibility index (Phi) is 9.89. The molecule has 39 heavy (non-hydrogen) atoms. The van der Waals surface area contributed by atoms with E-state index in [-0.39, 0.29) is 47.7 Å². The van der Waals surface area contributed by atoms with E-state index in [0.717, 1.165) is 38.2 Å². The number of aromatic nitrogens is 1. The zero-order valence-corrected chi connectivity index (χ0v) is 23.7. The second-order valence-corrected chi connectivity index (χ2v) is 12.5. The summed E-state index contributed by atoms with van der Waals surface area (Å²) >= 11 is 1.28. The van der Waals surface area contributed by atoms with Gasteiger partial charge in [-0.3, -0.25) is 14.6 Å². The lowest BCUT2D eigenvalue weighted by Gasteiger charge is -2.33. The third-order valence-corrected chi connectivity index (χ3v) is 10.0. The molecule has 2 aromatic carbocycles. The molecule has 1 amide bonds. The molecule has 2 fully saturated rings. The highest BCUT2D eigenvalue weighted by atomic mass is 35.5. The Morgan fingerprint density at radius 1 is 1.05 bits per heavy atom. The molecule has 8 nitrogen and oxygen atoms in total. The second kappa shape index (κ2) is 13.0. The van der Waals surface area contributed by atoms with E-state index in [1.807, 2.05) is 0 Å². The Labute approximate surface area is 237 Å². The van der Waals surface area contributed by atoms with Crippen LogP contribution in [0.25, 0.3) is 10.2 Å². The number of morpholine rings is 1. The van der Waals surface area contributed by atoms with Crippen molar-refractivity contribution in [3.63, 3.8) is 0 Å². The molecule has 0 atom stereocenters. The monoisotopic (exact) mass is 600 g/mol. The Hall–Kier alpha value is -2.22. The molecule has 212 valence electrons. The van der Waals surface area contributed by atoms with Crippen LogP contribution in [0.15, 0.2) is 47.4 Å². The van der Waals surface area contributed by atoms with Crippen LogP contribution in [0.2, 0.25) is 0 Å². The van der Waals surface area contributed by atoms with Crippen molar-refractivity contribution < 1.29 is 26.7 Å². The number of hydrogen-bond donors (Lipinski definition) is 0. The fourth-order valence-electron chi connectivity index (χ4n) is 4.92. The van der Waals surface area contributed by atoms with Crippen LogP contribution >= 0.6 is 23.7 Å². The van der Waals surface area contributed by atoms with Gasteiger partial charge in [0.2, 0.25) is 15.9 Å². The van der Waals surface area contributed by atoms with Crippen LogP contribution in [0.4, 0.5) is 13.9 Å². The van der Waals surface area contributed by atoms with Crippen LogP contribution < -0.4 is 4.90 Å². The molecule has 3 heterocycles. The van der Waals surface area contributed by atoms with Crippen molar-refractivity contribution >= 4 is 55.0 Å². The Morgan fingerprint density at radius 2 is 1.74 bits per heavy atom. The Bertz CT molecular complexity index is 1380. The van der Waals surface area contributed by atoms with Gasteiger partial charge in [-0.05, 0) is 55.7 Å². The predicted molar refractivity (Wildman–Crippen MR) is 149 cm³/mol. The van der Waals surface area contributed by atoms with Gasteiger partial charge in [-0.15, -0.1) is 12.4 Å². The number of para-hydroxylation sites is 1. The molecular formula is C26H31ClF2N4O4S2. The number of sulfonamides is 1.